The second-order valence-corrected chi connectivity index (χ2v) is 6.07. The molecule has 0 atom stereocenters. The molecule has 2 heterocycles. The summed E-state index contributed by atoms with van der Waals surface area (Å²) in [4.78, 5) is 2.46. The van der Waals surface area contributed by atoms with Gasteiger partial charge in [-0.25, -0.2) is 0 Å². The van der Waals surface area contributed by atoms with E-state index in [0.717, 1.165) is 11.6 Å². The predicted octanol–water partition coefficient (Wildman–Crippen LogP) is 2.13. The van der Waals surface area contributed by atoms with Gasteiger partial charge >= 0.3 is 0 Å². The van der Waals surface area contributed by atoms with E-state index in [0.29, 0.717) is 10.5 Å². The van der Waals surface area contributed by atoms with Gasteiger partial charge in [-0.1, -0.05) is 31.6 Å². The number of piperidine rings is 1. The maximum Gasteiger partial charge on any atom is 0.203 e. The summed E-state index contributed by atoms with van der Waals surface area (Å²) in [7, 11) is 0. The van der Waals surface area contributed by atoms with Crippen LogP contribution in [0.25, 0.3) is 0 Å². The Morgan fingerprint density at radius 2 is 2.06 bits per heavy atom. The van der Waals surface area contributed by atoms with Crippen molar-refractivity contribution in [2.75, 3.05) is 18.8 Å². The highest BCUT2D eigenvalue weighted by Gasteiger charge is 2.28. The molecule has 0 saturated carbocycles. The largest absolute Gasteiger partial charge is 0.374 e. The van der Waals surface area contributed by atoms with Crippen LogP contribution in [0.2, 0.25) is 0 Å². The molecule has 4 nitrogen and oxygen atoms in total. The van der Waals surface area contributed by atoms with Gasteiger partial charge in [0.25, 0.3) is 0 Å². The SMILES string of the molecule is CCC1(C)CCN(Cc2nnc(N)s2)CC1. The van der Waals surface area contributed by atoms with Crippen molar-refractivity contribution in [2.24, 2.45) is 5.41 Å². The number of rotatable bonds is 3. The highest BCUT2D eigenvalue weighted by molar-refractivity contribution is 7.15. The van der Waals surface area contributed by atoms with Gasteiger partial charge in [0.1, 0.15) is 5.01 Å². The van der Waals surface area contributed by atoms with Gasteiger partial charge < -0.3 is 5.73 Å². The number of aromatic nitrogens is 2. The Morgan fingerprint density at radius 1 is 1.38 bits per heavy atom. The van der Waals surface area contributed by atoms with Gasteiger partial charge in [0.2, 0.25) is 5.13 Å². The number of hydrogen-bond donors (Lipinski definition) is 1. The van der Waals surface area contributed by atoms with Crippen LogP contribution >= 0.6 is 11.3 Å². The first-order valence-electron chi connectivity index (χ1n) is 5.91. The van der Waals surface area contributed by atoms with Crippen molar-refractivity contribution in [3.05, 3.63) is 5.01 Å². The smallest absolute Gasteiger partial charge is 0.203 e. The molecule has 0 aliphatic carbocycles. The molecule has 2 N–H and O–H groups in total. The van der Waals surface area contributed by atoms with Crippen molar-refractivity contribution in [1.82, 2.24) is 15.1 Å². The first-order valence-corrected chi connectivity index (χ1v) is 6.73. The molecule has 1 aromatic rings. The summed E-state index contributed by atoms with van der Waals surface area (Å²) in [6, 6.07) is 0. The summed E-state index contributed by atoms with van der Waals surface area (Å²) in [5, 5.41) is 9.53. The zero-order valence-corrected chi connectivity index (χ0v) is 10.9. The lowest BCUT2D eigenvalue weighted by Crippen LogP contribution is -2.37. The van der Waals surface area contributed by atoms with Crippen molar-refractivity contribution >= 4 is 16.5 Å². The molecule has 16 heavy (non-hydrogen) atoms. The lowest BCUT2D eigenvalue weighted by Gasteiger charge is -2.38. The van der Waals surface area contributed by atoms with Gasteiger partial charge in [0.05, 0.1) is 6.54 Å². The van der Waals surface area contributed by atoms with Crippen molar-refractivity contribution in [2.45, 2.75) is 39.7 Å². The summed E-state index contributed by atoms with van der Waals surface area (Å²) in [6.45, 7) is 7.94. The second kappa shape index (κ2) is 4.67. The van der Waals surface area contributed by atoms with Crippen LogP contribution in [0.15, 0.2) is 0 Å². The standard InChI is InChI=1S/C11H20N4S/c1-3-11(2)4-6-15(7-5-11)8-9-13-14-10(12)16-9/h3-8H2,1-2H3,(H2,12,14). The first-order chi connectivity index (χ1) is 7.61. The Morgan fingerprint density at radius 3 is 2.56 bits per heavy atom. The van der Waals surface area contributed by atoms with Gasteiger partial charge in [-0.2, -0.15) is 0 Å². The van der Waals surface area contributed by atoms with E-state index >= 15 is 0 Å². The highest BCUT2D eigenvalue weighted by atomic mass is 32.1. The van der Waals surface area contributed by atoms with Crippen LogP contribution < -0.4 is 5.73 Å². The van der Waals surface area contributed by atoms with Gasteiger partial charge in [0.15, 0.2) is 0 Å². The average molecular weight is 240 g/mol. The maximum absolute atomic E-state index is 5.57. The number of likely N-dealkylation sites (tertiary alicyclic amines) is 1. The fourth-order valence-electron chi connectivity index (χ4n) is 2.13. The van der Waals surface area contributed by atoms with Gasteiger partial charge in [-0.05, 0) is 31.3 Å². The third-order valence-corrected chi connectivity index (χ3v) is 4.50. The topological polar surface area (TPSA) is 55.0 Å². The Bertz CT molecular complexity index is 342. The van der Waals surface area contributed by atoms with Crippen LogP contribution in [0, 0.1) is 5.41 Å². The first kappa shape index (κ1) is 11.8. The van der Waals surface area contributed by atoms with Crippen molar-refractivity contribution in [3.63, 3.8) is 0 Å². The molecule has 1 fully saturated rings. The third kappa shape index (κ3) is 2.71. The Labute approximate surface area is 101 Å². The van der Waals surface area contributed by atoms with E-state index in [1.165, 1.54) is 43.7 Å². The zero-order chi connectivity index (χ0) is 11.6. The molecule has 0 amide bonds. The monoisotopic (exact) mass is 240 g/mol. The molecule has 1 aliphatic heterocycles. The normalized spacial score (nSPS) is 21.1. The quantitative estimate of drug-likeness (QED) is 0.879. The Balaban J connectivity index is 1.86. The summed E-state index contributed by atoms with van der Waals surface area (Å²) in [5.41, 5.74) is 6.13. The molecule has 90 valence electrons. The number of nitrogens with zero attached hydrogens (tertiary/aromatic N) is 3. The molecule has 1 aliphatic rings. The highest BCUT2D eigenvalue weighted by Crippen LogP contribution is 2.34. The van der Waals surface area contributed by atoms with E-state index < -0.39 is 0 Å². The predicted molar refractivity (Wildman–Crippen MR) is 67.2 cm³/mol. The van der Waals surface area contributed by atoms with Crippen LogP contribution in [-0.2, 0) is 6.54 Å². The van der Waals surface area contributed by atoms with Gasteiger partial charge in [0, 0.05) is 0 Å². The van der Waals surface area contributed by atoms with Crippen LogP contribution in [0.5, 0.6) is 0 Å². The number of anilines is 1. The van der Waals surface area contributed by atoms with E-state index in [2.05, 4.69) is 28.9 Å². The van der Waals surface area contributed by atoms with Gasteiger partial charge in [-0.3, -0.25) is 4.90 Å². The molecule has 0 radical (unpaired) electrons. The fourth-order valence-corrected chi connectivity index (χ4v) is 2.78. The molecule has 0 bridgehead atoms. The summed E-state index contributed by atoms with van der Waals surface area (Å²) in [5.74, 6) is 0. The summed E-state index contributed by atoms with van der Waals surface area (Å²) < 4.78 is 0. The van der Waals surface area contributed by atoms with Crippen LogP contribution in [0.3, 0.4) is 0 Å². The summed E-state index contributed by atoms with van der Waals surface area (Å²) >= 11 is 1.50. The minimum Gasteiger partial charge on any atom is -0.374 e. The maximum atomic E-state index is 5.57. The molecule has 0 unspecified atom stereocenters. The van der Waals surface area contributed by atoms with Crippen molar-refractivity contribution < 1.29 is 0 Å². The van der Waals surface area contributed by atoms with Crippen LogP contribution in [0.4, 0.5) is 5.13 Å². The van der Waals surface area contributed by atoms with Crippen molar-refractivity contribution in [1.29, 1.82) is 0 Å². The fraction of sp³-hybridized carbons (Fsp3) is 0.818. The lowest BCUT2D eigenvalue weighted by molar-refractivity contribution is 0.109. The number of nitrogen functional groups attached to an aromatic ring is 1. The van der Waals surface area contributed by atoms with Crippen LogP contribution in [0.1, 0.15) is 38.1 Å². The van der Waals surface area contributed by atoms with E-state index in [1.807, 2.05) is 0 Å². The third-order valence-electron chi connectivity index (χ3n) is 3.76. The van der Waals surface area contributed by atoms with E-state index in [-0.39, 0.29) is 0 Å². The molecule has 2 rings (SSSR count). The number of hydrogen-bond acceptors (Lipinski definition) is 5. The zero-order valence-electron chi connectivity index (χ0n) is 10.1. The molecule has 0 aromatic carbocycles. The van der Waals surface area contributed by atoms with E-state index in [4.69, 9.17) is 5.73 Å². The molecule has 1 aromatic heterocycles. The van der Waals surface area contributed by atoms with E-state index in [1.54, 1.807) is 0 Å². The average Bonchev–Trinajstić information content (AvgIpc) is 2.68. The molecular weight excluding hydrogens is 220 g/mol. The summed E-state index contributed by atoms with van der Waals surface area (Å²) in [6.07, 6.45) is 3.86. The lowest BCUT2D eigenvalue weighted by atomic mass is 9.78. The molecule has 1 saturated heterocycles. The van der Waals surface area contributed by atoms with Gasteiger partial charge in [-0.15, -0.1) is 10.2 Å². The molecule has 0 spiro atoms. The minimum absolute atomic E-state index is 0.552. The van der Waals surface area contributed by atoms with Crippen LogP contribution in [-0.4, -0.2) is 28.2 Å². The Hall–Kier alpha value is -0.680. The molecular formula is C11H20N4S. The second-order valence-electron chi connectivity index (χ2n) is 4.97. The Kier molecular flexibility index (Phi) is 3.44. The van der Waals surface area contributed by atoms with E-state index in [9.17, 15) is 0 Å². The number of nitrogens with two attached hydrogens (primary N) is 1. The van der Waals surface area contributed by atoms with Crippen molar-refractivity contribution in [3.8, 4) is 0 Å². The minimum atomic E-state index is 0.552. The molecule has 5 heteroatoms.